The summed E-state index contributed by atoms with van der Waals surface area (Å²) in [5.41, 5.74) is 1.96. The van der Waals surface area contributed by atoms with Crippen LogP contribution in [0, 0.1) is 0 Å². The zero-order valence-electron chi connectivity index (χ0n) is 12.2. The SMILES string of the molecule is C=c1s/c(=C2\C(=O)Cc3c(OC)cc(Br)cc32)c(=O)n1CC. The number of halogens is 1. The number of thiazole rings is 1. The average Bonchev–Trinajstić information content (AvgIpc) is 2.94. The van der Waals surface area contributed by atoms with Crippen LogP contribution in [-0.4, -0.2) is 17.5 Å². The predicted octanol–water partition coefficient (Wildman–Crippen LogP) is 1.44. The van der Waals surface area contributed by atoms with Gasteiger partial charge < -0.3 is 4.74 Å². The number of hydrogen-bond donors (Lipinski definition) is 0. The Kier molecular flexibility index (Phi) is 3.82. The molecule has 0 fully saturated rings. The maximum atomic E-state index is 12.5. The van der Waals surface area contributed by atoms with E-state index >= 15 is 0 Å². The van der Waals surface area contributed by atoms with Gasteiger partial charge in [-0.3, -0.25) is 14.2 Å². The molecule has 0 aliphatic heterocycles. The fraction of sp³-hybridized carbons (Fsp3) is 0.250. The van der Waals surface area contributed by atoms with Gasteiger partial charge in [-0.05, 0) is 24.6 Å². The number of carbonyl (C=O) groups excluding carboxylic acids is 1. The average molecular weight is 380 g/mol. The summed E-state index contributed by atoms with van der Waals surface area (Å²) in [4.78, 5) is 25.0. The van der Waals surface area contributed by atoms with Gasteiger partial charge in [0.05, 0.1) is 11.8 Å². The van der Waals surface area contributed by atoms with Crippen molar-refractivity contribution < 1.29 is 9.53 Å². The summed E-state index contributed by atoms with van der Waals surface area (Å²) in [7, 11) is 1.58. The molecule has 0 bridgehead atoms. The molecule has 0 amide bonds. The van der Waals surface area contributed by atoms with Crippen molar-refractivity contribution in [2.45, 2.75) is 19.9 Å². The van der Waals surface area contributed by atoms with Crippen LogP contribution in [0.1, 0.15) is 18.1 Å². The summed E-state index contributed by atoms with van der Waals surface area (Å²) in [6.07, 6.45) is 0.261. The topological polar surface area (TPSA) is 48.3 Å². The third-order valence-electron chi connectivity index (χ3n) is 3.78. The number of benzene rings is 1. The van der Waals surface area contributed by atoms with E-state index in [1.54, 1.807) is 11.7 Å². The number of ketones is 1. The van der Waals surface area contributed by atoms with Crippen LogP contribution in [0.4, 0.5) is 0 Å². The van der Waals surface area contributed by atoms with E-state index in [9.17, 15) is 9.59 Å². The summed E-state index contributed by atoms with van der Waals surface area (Å²) in [5.74, 6) is 0.614. The number of rotatable bonds is 2. The molecule has 1 aliphatic rings. The molecule has 1 aromatic carbocycles. The van der Waals surface area contributed by atoms with Gasteiger partial charge in [-0.2, -0.15) is 0 Å². The molecular weight excluding hydrogens is 366 g/mol. The molecule has 22 heavy (non-hydrogen) atoms. The summed E-state index contributed by atoms with van der Waals surface area (Å²) in [6.45, 7) is 6.34. The molecule has 1 aliphatic carbocycles. The molecule has 3 rings (SSSR count). The molecule has 1 aromatic heterocycles. The Labute approximate surface area is 139 Å². The standard InChI is InChI=1S/C16H14BrNO3S/c1-4-18-8(2)22-15(16(18)20)14-11-5-9(17)6-13(21-3)10(11)7-12(14)19/h5-6H,2,4,7H2,1,3H3/b15-14-. The molecule has 0 spiro atoms. The minimum atomic E-state index is -0.146. The summed E-state index contributed by atoms with van der Waals surface area (Å²) in [5, 5.41) is 0. The van der Waals surface area contributed by atoms with Gasteiger partial charge in [0.1, 0.15) is 10.3 Å². The van der Waals surface area contributed by atoms with E-state index in [1.807, 2.05) is 19.1 Å². The molecule has 0 saturated heterocycles. The second-order valence-corrected chi connectivity index (χ2v) is 6.98. The molecule has 1 heterocycles. The van der Waals surface area contributed by atoms with Gasteiger partial charge in [0.15, 0.2) is 5.78 Å². The Bertz CT molecular complexity index is 955. The van der Waals surface area contributed by atoms with Gasteiger partial charge >= 0.3 is 0 Å². The van der Waals surface area contributed by atoms with E-state index in [1.165, 1.54) is 11.3 Å². The zero-order chi connectivity index (χ0) is 16.0. The Morgan fingerprint density at radius 1 is 1.41 bits per heavy atom. The van der Waals surface area contributed by atoms with Gasteiger partial charge in [0.2, 0.25) is 0 Å². The number of carbonyl (C=O) groups is 1. The van der Waals surface area contributed by atoms with E-state index in [-0.39, 0.29) is 17.8 Å². The first-order chi connectivity index (χ1) is 10.5. The molecule has 0 saturated carbocycles. The van der Waals surface area contributed by atoms with Crippen LogP contribution in [0.25, 0.3) is 12.2 Å². The van der Waals surface area contributed by atoms with Crippen molar-refractivity contribution in [2.75, 3.05) is 7.11 Å². The van der Waals surface area contributed by atoms with Gasteiger partial charge in [0, 0.05) is 28.6 Å². The smallest absolute Gasteiger partial charge is 0.269 e. The van der Waals surface area contributed by atoms with Gasteiger partial charge in [-0.1, -0.05) is 22.5 Å². The fourth-order valence-corrected chi connectivity index (χ4v) is 4.30. The van der Waals surface area contributed by atoms with Crippen LogP contribution in [0.2, 0.25) is 0 Å². The van der Waals surface area contributed by atoms with Crippen molar-refractivity contribution in [2.24, 2.45) is 0 Å². The van der Waals surface area contributed by atoms with Crippen molar-refractivity contribution in [3.05, 3.63) is 47.3 Å². The fourth-order valence-electron chi connectivity index (χ4n) is 2.78. The van der Waals surface area contributed by atoms with Crippen LogP contribution in [0.15, 0.2) is 21.4 Å². The van der Waals surface area contributed by atoms with Gasteiger partial charge in [-0.25, -0.2) is 0 Å². The van der Waals surface area contributed by atoms with Crippen LogP contribution in [-0.2, 0) is 17.8 Å². The largest absolute Gasteiger partial charge is 0.496 e. The van der Waals surface area contributed by atoms with Crippen molar-refractivity contribution in [1.29, 1.82) is 0 Å². The first-order valence-corrected chi connectivity index (χ1v) is 8.41. The first kappa shape index (κ1) is 15.2. The van der Waals surface area contributed by atoms with E-state index < -0.39 is 0 Å². The third-order valence-corrected chi connectivity index (χ3v) is 5.28. The molecule has 0 atom stereocenters. The second kappa shape index (κ2) is 5.52. The van der Waals surface area contributed by atoms with E-state index in [0.29, 0.717) is 27.1 Å². The monoisotopic (exact) mass is 379 g/mol. The third kappa shape index (κ3) is 2.18. The molecular formula is C16H14BrNO3S. The number of hydrogen-bond acceptors (Lipinski definition) is 4. The molecule has 0 unspecified atom stereocenters. The second-order valence-electron chi connectivity index (χ2n) is 4.98. The van der Waals surface area contributed by atoms with Gasteiger partial charge in [-0.15, -0.1) is 11.3 Å². The number of methoxy groups -OCH3 is 1. The highest BCUT2D eigenvalue weighted by atomic mass is 79.9. The summed E-state index contributed by atoms with van der Waals surface area (Å²) >= 11 is 4.71. The lowest BCUT2D eigenvalue weighted by atomic mass is 10.1. The van der Waals surface area contributed by atoms with E-state index in [0.717, 1.165) is 15.6 Å². The van der Waals surface area contributed by atoms with Crippen LogP contribution in [0.5, 0.6) is 5.75 Å². The number of Topliss-reactive ketones (excluding diaryl/α,β-unsaturated/α-hetero) is 1. The highest BCUT2D eigenvalue weighted by Crippen LogP contribution is 2.37. The highest BCUT2D eigenvalue weighted by Gasteiger charge is 2.30. The Morgan fingerprint density at radius 2 is 2.14 bits per heavy atom. The number of nitrogens with zero attached hydrogens (tertiary/aromatic N) is 1. The Balaban J connectivity index is 2.44. The molecule has 0 N–H and O–H groups in total. The lowest BCUT2D eigenvalue weighted by Gasteiger charge is -2.07. The van der Waals surface area contributed by atoms with Crippen molar-refractivity contribution in [3.8, 4) is 5.75 Å². The molecule has 114 valence electrons. The highest BCUT2D eigenvalue weighted by molar-refractivity contribution is 9.10. The molecule has 2 aromatic rings. The molecule has 6 heteroatoms. The van der Waals surface area contributed by atoms with Crippen LogP contribution in [0.3, 0.4) is 0 Å². The molecule has 0 radical (unpaired) electrons. The van der Waals surface area contributed by atoms with Crippen molar-refractivity contribution >= 4 is 45.2 Å². The van der Waals surface area contributed by atoms with Crippen LogP contribution >= 0.6 is 27.3 Å². The number of fused-ring (bicyclic) bond motifs is 1. The Hall–Kier alpha value is -1.66. The van der Waals surface area contributed by atoms with E-state index in [4.69, 9.17) is 4.74 Å². The predicted molar refractivity (Wildman–Crippen MR) is 90.9 cm³/mol. The molecule has 4 nitrogen and oxygen atoms in total. The lowest BCUT2D eigenvalue weighted by molar-refractivity contribution is -0.112. The van der Waals surface area contributed by atoms with Crippen molar-refractivity contribution in [3.63, 3.8) is 0 Å². The Morgan fingerprint density at radius 3 is 2.73 bits per heavy atom. The normalized spacial score (nSPS) is 16.0. The quantitative estimate of drug-likeness (QED) is 0.792. The maximum absolute atomic E-state index is 12.5. The van der Waals surface area contributed by atoms with E-state index in [2.05, 4.69) is 22.5 Å². The lowest BCUT2D eigenvalue weighted by Crippen LogP contribution is -2.32. The van der Waals surface area contributed by atoms with Crippen LogP contribution < -0.4 is 19.5 Å². The van der Waals surface area contributed by atoms with Crippen molar-refractivity contribution in [1.82, 2.24) is 4.57 Å². The number of ether oxygens (including phenoxy) is 1. The summed E-state index contributed by atoms with van der Waals surface area (Å²) < 4.78 is 8.90. The van der Waals surface area contributed by atoms with Gasteiger partial charge in [0.25, 0.3) is 5.56 Å². The first-order valence-electron chi connectivity index (χ1n) is 6.80. The zero-order valence-corrected chi connectivity index (χ0v) is 14.6. The number of aromatic nitrogens is 1. The maximum Gasteiger partial charge on any atom is 0.269 e. The minimum absolute atomic E-state index is 0.0481. The summed E-state index contributed by atoms with van der Waals surface area (Å²) in [6, 6.07) is 3.71. The minimum Gasteiger partial charge on any atom is -0.496 e.